The first-order valence-electron chi connectivity index (χ1n) is 6.81. The van der Waals surface area contributed by atoms with Gasteiger partial charge in [-0.1, -0.05) is 15.9 Å². The number of aromatic hydroxyl groups is 1. The third-order valence-electron chi connectivity index (χ3n) is 4.13. The van der Waals surface area contributed by atoms with Gasteiger partial charge in [-0.15, -0.1) is 0 Å². The molecule has 1 saturated heterocycles. The summed E-state index contributed by atoms with van der Waals surface area (Å²) in [4.78, 5) is 22.4. The van der Waals surface area contributed by atoms with Crippen LogP contribution in [0.3, 0.4) is 0 Å². The molecule has 1 aliphatic rings. The molecule has 23 heavy (non-hydrogen) atoms. The van der Waals surface area contributed by atoms with Crippen molar-refractivity contribution in [1.82, 2.24) is 8.34 Å². The van der Waals surface area contributed by atoms with Crippen molar-refractivity contribution < 1.29 is 14.7 Å². The van der Waals surface area contributed by atoms with Crippen LogP contribution in [0.15, 0.2) is 24.3 Å². The van der Waals surface area contributed by atoms with Gasteiger partial charge < -0.3 is 5.11 Å². The Bertz CT molecular complexity index is 569. The molecule has 0 aliphatic carbocycles. The molecular formula is C15H19Br2ClN2O3. The molecule has 0 radical (unpaired) electrons. The van der Waals surface area contributed by atoms with E-state index in [-0.39, 0.29) is 28.6 Å². The number of hydrogen-bond donors (Lipinski definition) is 1. The van der Waals surface area contributed by atoms with Crippen molar-refractivity contribution in [3.63, 3.8) is 0 Å². The van der Waals surface area contributed by atoms with Crippen LogP contribution in [-0.2, 0) is 0 Å². The van der Waals surface area contributed by atoms with E-state index in [1.807, 2.05) is 27.7 Å². The number of carbonyl (C=O) groups excluding carboxylic acids is 2. The van der Waals surface area contributed by atoms with E-state index >= 15 is 0 Å². The summed E-state index contributed by atoms with van der Waals surface area (Å²) in [6, 6.07) is 5.97. The van der Waals surface area contributed by atoms with Crippen LogP contribution in [-0.4, -0.2) is 41.7 Å². The molecule has 0 unspecified atom stereocenters. The van der Waals surface area contributed by atoms with Gasteiger partial charge in [0.05, 0.1) is 32.6 Å². The zero-order valence-electron chi connectivity index (χ0n) is 13.3. The van der Waals surface area contributed by atoms with Gasteiger partial charge in [0.25, 0.3) is 0 Å². The van der Waals surface area contributed by atoms with Crippen molar-refractivity contribution in [1.29, 1.82) is 0 Å². The van der Waals surface area contributed by atoms with E-state index in [1.54, 1.807) is 12.1 Å². The average Bonchev–Trinajstić information content (AvgIpc) is 2.61. The van der Waals surface area contributed by atoms with Crippen LogP contribution in [0.5, 0.6) is 5.75 Å². The van der Waals surface area contributed by atoms with E-state index in [2.05, 4.69) is 32.1 Å². The summed E-state index contributed by atoms with van der Waals surface area (Å²) in [6.07, 6.45) is 0. The van der Waals surface area contributed by atoms with E-state index in [0.29, 0.717) is 10.9 Å². The maximum atomic E-state index is 11.4. The van der Waals surface area contributed by atoms with Crippen LogP contribution in [0.4, 0.5) is 4.79 Å². The Kier molecular flexibility index (Phi) is 6.52. The molecule has 1 fully saturated rings. The fourth-order valence-electron chi connectivity index (χ4n) is 1.76. The standard InChI is InChI=1S/C8H7BrO2.C7H12BrClN2O/c9-5-8(11)6-1-3-7(10)4-2-6;1-6(2)7(3,4)11(9)5(12)10(6)8/h1-4,10H,5H2;1-4H3. The number of phenols is 1. The van der Waals surface area contributed by atoms with E-state index in [1.165, 1.54) is 20.5 Å². The number of nitrogens with zero attached hydrogens (tertiary/aromatic N) is 2. The molecule has 1 aromatic carbocycles. The first kappa shape index (κ1) is 20.3. The van der Waals surface area contributed by atoms with E-state index in [4.69, 9.17) is 16.9 Å². The average molecular weight is 471 g/mol. The number of alkyl halides is 1. The topological polar surface area (TPSA) is 60.9 Å². The second-order valence-electron chi connectivity index (χ2n) is 6.07. The normalized spacial score (nSPS) is 18.5. The number of hydrogen-bond acceptors (Lipinski definition) is 3. The van der Waals surface area contributed by atoms with Crippen LogP contribution in [0.25, 0.3) is 0 Å². The molecule has 0 aromatic heterocycles. The van der Waals surface area contributed by atoms with Crippen molar-refractivity contribution in [3.8, 4) is 5.75 Å². The van der Waals surface area contributed by atoms with Gasteiger partial charge in [0.15, 0.2) is 5.78 Å². The van der Waals surface area contributed by atoms with Gasteiger partial charge in [-0.05, 0) is 52.0 Å². The van der Waals surface area contributed by atoms with Gasteiger partial charge in [-0.2, -0.15) is 0 Å². The number of Topliss-reactive ketones (excluding diaryl/α,β-unsaturated/α-hetero) is 1. The Morgan fingerprint density at radius 2 is 1.65 bits per heavy atom. The van der Waals surface area contributed by atoms with E-state index < -0.39 is 0 Å². The Morgan fingerprint density at radius 1 is 1.17 bits per heavy atom. The smallest absolute Gasteiger partial charge is 0.345 e. The highest BCUT2D eigenvalue weighted by Crippen LogP contribution is 2.43. The molecule has 0 bridgehead atoms. The molecule has 0 saturated carbocycles. The minimum absolute atomic E-state index is 0.0185. The number of carbonyl (C=O) groups is 2. The molecule has 2 amide bonds. The maximum absolute atomic E-state index is 11.4. The predicted octanol–water partition coefficient (Wildman–Crippen LogP) is 4.71. The lowest BCUT2D eigenvalue weighted by Crippen LogP contribution is -2.50. The zero-order chi connectivity index (χ0) is 18.0. The quantitative estimate of drug-likeness (QED) is 0.387. The summed E-state index contributed by atoms with van der Waals surface area (Å²) in [7, 11) is 0. The molecule has 1 N–H and O–H groups in total. The summed E-state index contributed by atoms with van der Waals surface area (Å²) < 4.78 is 2.70. The number of halogens is 3. The van der Waals surface area contributed by atoms with Crippen molar-refractivity contribution in [3.05, 3.63) is 29.8 Å². The zero-order valence-corrected chi connectivity index (χ0v) is 17.2. The number of rotatable bonds is 2. The number of ketones is 1. The number of amides is 2. The largest absolute Gasteiger partial charge is 0.508 e. The molecule has 1 aromatic rings. The highest BCUT2D eigenvalue weighted by atomic mass is 79.9. The highest BCUT2D eigenvalue weighted by molar-refractivity contribution is 9.09. The highest BCUT2D eigenvalue weighted by Gasteiger charge is 2.56. The monoisotopic (exact) mass is 468 g/mol. The van der Waals surface area contributed by atoms with Crippen LogP contribution in [0, 0.1) is 0 Å². The summed E-state index contributed by atoms with van der Waals surface area (Å²) >= 11 is 12.1. The van der Waals surface area contributed by atoms with Crippen molar-refractivity contribution in [2.24, 2.45) is 0 Å². The lowest BCUT2D eigenvalue weighted by molar-refractivity contribution is 0.102. The van der Waals surface area contributed by atoms with Crippen LogP contribution in [0.1, 0.15) is 38.1 Å². The molecule has 0 spiro atoms. The Morgan fingerprint density at radius 3 is 1.91 bits per heavy atom. The summed E-state index contributed by atoms with van der Waals surface area (Å²) in [5, 5.41) is 9.21. The molecule has 2 rings (SSSR count). The fourth-order valence-corrected chi connectivity index (χ4v) is 3.05. The van der Waals surface area contributed by atoms with Crippen molar-refractivity contribution in [2.75, 3.05) is 5.33 Å². The molecule has 0 atom stereocenters. The minimum atomic E-state index is -0.380. The molecule has 128 valence electrons. The summed E-state index contributed by atoms with van der Waals surface area (Å²) in [5.74, 6) is 0.195. The van der Waals surface area contributed by atoms with Crippen molar-refractivity contribution >= 4 is 55.7 Å². The Balaban J connectivity index is 0.000000231. The van der Waals surface area contributed by atoms with Crippen LogP contribution < -0.4 is 0 Å². The number of benzene rings is 1. The summed E-state index contributed by atoms with van der Waals surface area (Å²) in [6.45, 7) is 7.78. The van der Waals surface area contributed by atoms with E-state index in [0.717, 1.165) is 0 Å². The molecule has 8 heteroatoms. The first-order valence-corrected chi connectivity index (χ1v) is 8.98. The maximum Gasteiger partial charge on any atom is 0.345 e. The number of urea groups is 1. The SMILES string of the molecule is CC1(C)N(Cl)C(=O)N(Br)C1(C)C.O=C(CBr)c1ccc(O)cc1. The van der Waals surface area contributed by atoms with Gasteiger partial charge in [0, 0.05) is 17.3 Å². The Labute approximate surface area is 158 Å². The van der Waals surface area contributed by atoms with E-state index in [9.17, 15) is 9.59 Å². The van der Waals surface area contributed by atoms with Gasteiger partial charge in [-0.3, -0.25) is 8.72 Å². The lowest BCUT2D eigenvalue weighted by atomic mass is 9.85. The van der Waals surface area contributed by atoms with Gasteiger partial charge in [-0.25, -0.2) is 9.21 Å². The predicted molar refractivity (Wildman–Crippen MR) is 98.2 cm³/mol. The van der Waals surface area contributed by atoms with Gasteiger partial charge in [0.2, 0.25) is 0 Å². The van der Waals surface area contributed by atoms with Crippen LogP contribution in [0.2, 0.25) is 0 Å². The summed E-state index contributed by atoms with van der Waals surface area (Å²) in [5.41, 5.74) is -0.0827. The third kappa shape index (κ3) is 4.00. The molecule has 1 aliphatic heterocycles. The van der Waals surface area contributed by atoms with Crippen LogP contribution >= 0.6 is 43.9 Å². The van der Waals surface area contributed by atoms with Crippen molar-refractivity contribution in [2.45, 2.75) is 38.8 Å². The third-order valence-corrected chi connectivity index (χ3v) is 6.39. The van der Waals surface area contributed by atoms with Gasteiger partial charge >= 0.3 is 6.03 Å². The minimum Gasteiger partial charge on any atom is -0.508 e. The number of phenolic OH excluding ortho intramolecular Hbond substituents is 1. The molecule has 1 heterocycles. The Hall–Kier alpha value is -0.790. The van der Waals surface area contributed by atoms with Gasteiger partial charge in [0.1, 0.15) is 5.75 Å². The fraction of sp³-hybridized carbons (Fsp3) is 0.467. The lowest BCUT2D eigenvalue weighted by Gasteiger charge is -2.37. The molecular weight excluding hydrogens is 451 g/mol. The molecule has 5 nitrogen and oxygen atoms in total. The second kappa shape index (κ2) is 7.40. The second-order valence-corrected chi connectivity index (χ2v) is 7.67. The first-order chi connectivity index (χ1) is 10.5.